The summed E-state index contributed by atoms with van der Waals surface area (Å²) in [6.45, 7) is 0.817. The SMILES string of the molecule is O=C(NC1CCN(c2ncc(C(F)(F)F)cc2Cl)CC1)c1cc([N+](=O)[O-])ccc1Cl. The molecule has 0 radical (unpaired) electrons. The number of hydrogen-bond donors (Lipinski definition) is 1. The van der Waals surface area contributed by atoms with Crippen LogP contribution in [0.2, 0.25) is 10.0 Å². The number of rotatable bonds is 4. The molecule has 30 heavy (non-hydrogen) atoms. The smallest absolute Gasteiger partial charge is 0.355 e. The van der Waals surface area contributed by atoms with E-state index >= 15 is 0 Å². The van der Waals surface area contributed by atoms with E-state index in [1.165, 1.54) is 12.1 Å². The van der Waals surface area contributed by atoms with Crippen molar-refractivity contribution in [1.29, 1.82) is 0 Å². The lowest BCUT2D eigenvalue weighted by Crippen LogP contribution is -2.45. The van der Waals surface area contributed by atoms with Crippen LogP contribution >= 0.6 is 23.2 Å². The van der Waals surface area contributed by atoms with E-state index in [0.29, 0.717) is 25.9 Å². The predicted molar refractivity (Wildman–Crippen MR) is 105 cm³/mol. The number of aromatic nitrogens is 1. The molecule has 1 aliphatic heterocycles. The van der Waals surface area contributed by atoms with E-state index < -0.39 is 22.6 Å². The van der Waals surface area contributed by atoms with Crippen LogP contribution < -0.4 is 10.2 Å². The summed E-state index contributed by atoms with van der Waals surface area (Å²) in [5.41, 5.74) is -1.17. The number of hydrogen-bond acceptors (Lipinski definition) is 5. The topological polar surface area (TPSA) is 88.4 Å². The molecule has 7 nitrogen and oxygen atoms in total. The molecule has 0 unspecified atom stereocenters. The maximum atomic E-state index is 12.8. The lowest BCUT2D eigenvalue weighted by atomic mass is 10.0. The Morgan fingerprint density at radius 2 is 1.87 bits per heavy atom. The fraction of sp³-hybridized carbons (Fsp3) is 0.333. The maximum Gasteiger partial charge on any atom is 0.417 e. The Balaban J connectivity index is 1.63. The first-order chi connectivity index (χ1) is 14.1. The zero-order valence-corrected chi connectivity index (χ0v) is 16.8. The van der Waals surface area contributed by atoms with E-state index in [9.17, 15) is 28.1 Å². The van der Waals surface area contributed by atoms with Crippen LogP contribution in [-0.4, -0.2) is 34.9 Å². The number of nitrogens with zero attached hydrogens (tertiary/aromatic N) is 3. The summed E-state index contributed by atoms with van der Waals surface area (Å²) in [5.74, 6) is -0.288. The molecule has 1 aliphatic rings. The van der Waals surface area contributed by atoms with Crippen LogP contribution in [0.5, 0.6) is 0 Å². The zero-order valence-electron chi connectivity index (χ0n) is 15.2. The Morgan fingerprint density at radius 3 is 2.43 bits per heavy atom. The number of halogens is 5. The van der Waals surface area contributed by atoms with E-state index in [2.05, 4.69) is 10.3 Å². The number of non-ortho nitro benzene ring substituents is 1. The number of amides is 1. The van der Waals surface area contributed by atoms with Crippen molar-refractivity contribution in [3.63, 3.8) is 0 Å². The molecule has 3 rings (SSSR count). The van der Waals surface area contributed by atoms with Crippen molar-refractivity contribution < 1.29 is 22.9 Å². The summed E-state index contributed by atoms with van der Waals surface area (Å²) in [6.07, 6.45) is -2.83. The highest BCUT2D eigenvalue weighted by molar-refractivity contribution is 6.34. The van der Waals surface area contributed by atoms with Crippen LogP contribution in [0.4, 0.5) is 24.7 Å². The largest absolute Gasteiger partial charge is 0.417 e. The molecule has 1 saturated heterocycles. The van der Waals surface area contributed by atoms with Crippen molar-refractivity contribution in [2.24, 2.45) is 0 Å². The number of carbonyl (C=O) groups excluding carboxylic acids is 1. The number of anilines is 1. The fourth-order valence-electron chi connectivity index (χ4n) is 3.12. The molecular weight excluding hydrogens is 448 g/mol. The van der Waals surface area contributed by atoms with Gasteiger partial charge in [-0.1, -0.05) is 23.2 Å². The van der Waals surface area contributed by atoms with Gasteiger partial charge in [-0.15, -0.1) is 0 Å². The highest BCUT2D eigenvalue weighted by Crippen LogP contribution is 2.34. The quantitative estimate of drug-likeness (QED) is 0.524. The van der Waals surface area contributed by atoms with Crippen LogP contribution in [0, 0.1) is 10.1 Å². The summed E-state index contributed by atoms with van der Waals surface area (Å²) >= 11 is 12.0. The standard InChI is InChI=1S/C18H15Cl2F3N4O3/c19-14-2-1-12(27(29)30)8-13(14)17(28)25-11-3-5-26(6-4-11)16-15(20)7-10(9-24-16)18(21,22)23/h1-2,7-9,11H,3-6H2,(H,25,28). The van der Waals surface area contributed by atoms with Gasteiger partial charge in [-0.25, -0.2) is 4.98 Å². The van der Waals surface area contributed by atoms with E-state index in [4.69, 9.17) is 23.2 Å². The number of nitro groups is 1. The van der Waals surface area contributed by atoms with Gasteiger partial charge in [-0.3, -0.25) is 14.9 Å². The second-order valence-electron chi connectivity index (χ2n) is 6.68. The van der Waals surface area contributed by atoms with E-state index in [1.807, 2.05) is 0 Å². The molecule has 2 aromatic rings. The van der Waals surface area contributed by atoms with Gasteiger partial charge >= 0.3 is 6.18 Å². The first-order valence-corrected chi connectivity index (χ1v) is 9.54. The predicted octanol–water partition coefficient (Wildman–Crippen LogP) is 4.71. The van der Waals surface area contributed by atoms with E-state index in [-0.39, 0.29) is 33.2 Å². The molecule has 1 N–H and O–H groups in total. The number of carbonyl (C=O) groups is 1. The second kappa shape index (κ2) is 8.65. The normalized spacial score (nSPS) is 15.2. The van der Waals surface area contributed by atoms with Crippen molar-refractivity contribution in [2.75, 3.05) is 18.0 Å². The average Bonchev–Trinajstić information content (AvgIpc) is 2.68. The van der Waals surface area contributed by atoms with Gasteiger partial charge in [-0.2, -0.15) is 13.2 Å². The van der Waals surface area contributed by atoms with Crippen LogP contribution in [0.15, 0.2) is 30.5 Å². The molecule has 1 amide bonds. The summed E-state index contributed by atoms with van der Waals surface area (Å²) in [4.78, 5) is 28.3. The number of pyridine rings is 1. The van der Waals surface area contributed by atoms with Gasteiger partial charge in [-0.05, 0) is 25.0 Å². The molecule has 0 saturated carbocycles. The van der Waals surface area contributed by atoms with Gasteiger partial charge in [0.2, 0.25) is 0 Å². The lowest BCUT2D eigenvalue weighted by Gasteiger charge is -2.33. The Morgan fingerprint density at radius 1 is 1.20 bits per heavy atom. The maximum absolute atomic E-state index is 12.8. The number of nitrogens with one attached hydrogen (secondary N) is 1. The molecule has 0 aliphatic carbocycles. The molecule has 1 fully saturated rings. The minimum Gasteiger partial charge on any atom is -0.355 e. The van der Waals surface area contributed by atoms with Gasteiger partial charge in [0.25, 0.3) is 11.6 Å². The summed E-state index contributed by atoms with van der Waals surface area (Å²) < 4.78 is 38.3. The first kappa shape index (κ1) is 22.1. The minimum atomic E-state index is -4.53. The third-order valence-corrected chi connectivity index (χ3v) is 5.29. The average molecular weight is 463 g/mol. The second-order valence-corrected chi connectivity index (χ2v) is 7.50. The minimum absolute atomic E-state index is 0.000692. The molecule has 0 atom stereocenters. The van der Waals surface area contributed by atoms with Gasteiger partial charge in [0, 0.05) is 37.5 Å². The lowest BCUT2D eigenvalue weighted by molar-refractivity contribution is -0.384. The molecule has 0 bridgehead atoms. The number of alkyl halides is 3. The molecule has 2 heterocycles. The van der Waals surface area contributed by atoms with Crippen molar-refractivity contribution >= 4 is 40.6 Å². The van der Waals surface area contributed by atoms with Crippen LogP contribution in [0.1, 0.15) is 28.8 Å². The van der Waals surface area contributed by atoms with Crippen molar-refractivity contribution in [1.82, 2.24) is 10.3 Å². The van der Waals surface area contributed by atoms with E-state index in [0.717, 1.165) is 18.3 Å². The summed E-state index contributed by atoms with van der Waals surface area (Å²) in [7, 11) is 0. The number of nitro benzene ring substituents is 1. The van der Waals surface area contributed by atoms with Crippen LogP contribution in [0.3, 0.4) is 0 Å². The van der Waals surface area contributed by atoms with Gasteiger partial charge in [0.05, 0.1) is 26.1 Å². The van der Waals surface area contributed by atoms with Crippen molar-refractivity contribution in [2.45, 2.75) is 25.1 Å². The monoisotopic (exact) mass is 462 g/mol. The molecular formula is C18H15Cl2F3N4O3. The van der Waals surface area contributed by atoms with E-state index in [1.54, 1.807) is 4.90 Å². The Bertz CT molecular complexity index is 980. The van der Waals surface area contributed by atoms with Crippen LogP contribution in [-0.2, 0) is 6.18 Å². The third kappa shape index (κ3) is 4.93. The summed E-state index contributed by atoms with van der Waals surface area (Å²) in [6, 6.07) is 4.20. The van der Waals surface area contributed by atoms with Crippen molar-refractivity contribution in [3.8, 4) is 0 Å². The fourth-order valence-corrected chi connectivity index (χ4v) is 3.61. The Hall–Kier alpha value is -2.59. The Kier molecular flexibility index (Phi) is 6.37. The molecule has 160 valence electrons. The van der Waals surface area contributed by atoms with Gasteiger partial charge in [0.15, 0.2) is 0 Å². The zero-order chi connectivity index (χ0) is 22.1. The molecule has 1 aromatic heterocycles. The molecule has 0 spiro atoms. The third-order valence-electron chi connectivity index (χ3n) is 4.68. The highest BCUT2D eigenvalue weighted by Gasteiger charge is 2.32. The first-order valence-electron chi connectivity index (χ1n) is 8.78. The number of benzene rings is 1. The van der Waals surface area contributed by atoms with Gasteiger partial charge < -0.3 is 10.2 Å². The molecule has 12 heteroatoms. The summed E-state index contributed by atoms with van der Waals surface area (Å²) in [5, 5.41) is 13.7. The highest BCUT2D eigenvalue weighted by atomic mass is 35.5. The van der Waals surface area contributed by atoms with Crippen molar-refractivity contribution in [3.05, 3.63) is 61.7 Å². The van der Waals surface area contributed by atoms with Crippen LogP contribution in [0.25, 0.3) is 0 Å². The Labute approximate surface area is 178 Å². The molecule has 1 aromatic carbocycles. The van der Waals surface area contributed by atoms with Gasteiger partial charge in [0.1, 0.15) is 5.82 Å². The number of piperidine rings is 1.